The van der Waals surface area contributed by atoms with Crippen molar-refractivity contribution in [2.75, 3.05) is 5.32 Å². The minimum Gasteiger partial charge on any atom is -0.326 e. The van der Waals surface area contributed by atoms with Crippen LogP contribution in [0.2, 0.25) is 0 Å². The third-order valence-electron chi connectivity index (χ3n) is 2.60. The molecule has 0 unspecified atom stereocenters. The second kappa shape index (κ2) is 5.75. The Morgan fingerprint density at radius 2 is 2.16 bits per heavy atom. The topological polar surface area (TPSA) is 62.7 Å². The van der Waals surface area contributed by atoms with Gasteiger partial charge in [-0.3, -0.25) is 9.89 Å². The number of carbonyl (C=O) groups excluding carboxylic acids is 1. The van der Waals surface area contributed by atoms with Crippen molar-refractivity contribution in [2.45, 2.75) is 19.9 Å². The van der Waals surface area contributed by atoms with Gasteiger partial charge in [0.2, 0.25) is 5.91 Å². The van der Waals surface area contributed by atoms with Crippen LogP contribution in [0, 0.1) is 10.6 Å². The van der Waals surface area contributed by atoms with Gasteiger partial charge < -0.3 is 9.88 Å². The quantitative estimate of drug-likeness (QED) is 0.845. The van der Waals surface area contributed by atoms with E-state index in [1.807, 2.05) is 6.92 Å². The molecule has 0 saturated heterocycles. The number of benzene rings is 1. The highest BCUT2D eigenvalue weighted by atomic mass is 32.1. The molecule has 0 aliphatic rings. The Hall–Kier alpha value is -2.02. The zero-order valence-electron chi connectivity index (χ0n) is 10.3. The van der Waals surface area contributed by atoms with Crippen LogP contribution >= 0.6 is 12.2 Å². The maximum Gasteiger partial charge on any atom is 0.232 e. The van der Waals surface area contributed by atoms with Gasteiger partial charge in [-0.25, -0.2) is 4.39 Å². The second-order valence-corrected chi connectivity index (χ2v) is 4.31. The van der Waals surface area contributed by atoms with Crippen LogP contribution in [0.4, 0.5) is 10.1 Å². The summed E-state index contributed by atoms with van der Waals surface area (Å²) in [7, 11) is 0. The van der Waals surface area contributed by atoms with Gasteiger partial charge in [0.1, 0.15) is 11.6 Å². The Kier molecular flexibility index (Phi) is 4.06. The van der Waals surface area contributed by atoms with E-state index in [4.69, 9.17) is 12.2 Å². The van der Waals surface area contributed by atoms with E-state index >= 15 is 0 Å². The summed E-state index contributed by atoms with van der Waals surface area (Å²) in [4.78, 5) is 11.8. The van der Waals surface area contributed by atoms with Gasteiger partial charge in [0.15, 0.2) is 4.77 Å². The highest BCUT2D eigenvalue weighted by molar-refractivity contribution is 7.71. The van der Waals surface area contributed by atoms with Crippen molar-refractivity contribution in [1.82, 2.24) is 14.8 Å². The molecule has 100 valence electrons. The SMILES string of the molecule is CCn1c(CC(=O)Nc2ccc(F)cc2)n[nH]c1=S. The number of halogens is 1. The Balaban J connectivity index is 2.05. The van der Waals surface area contributed by atoms with Crippen LogP contribution in [-0.2, 0) is 17.8 Å². The Bertz CT molecular complexity index is 632. The summed E-state index contributed by atoms with van der Waals surface area (Å²) in [6, 6.07) is 5.59. The van der Waals surface area contributed by atoms with Gasteiger partial charge in [0.25, 0.3) is 0 Å². The lowest BCUT2D eigenvalue weighted by atomic mass is 10.3. The molecule has 0 radical (unpaired) electrons. The molecular formula is C12H13FN4OS. The molecule has 0 spiro atoms. The first-order valence-corrected chi connectivity index (χ1v) is 6.20. The number of H-pyrrole nitrogens is 1. The average molecular weight is 280 g/mol. The van der Waals surface area contributed by atoms with Crippen molar-refractivity contribution in [3.05, 3.63) is 40.7 Å². The molecule has 1 amide bonds. The average Bonchev–Trinajstić information content (AvgIpc) is 2.72. The van der Waals surface area contributed by atoms with E-state index in [1.165, 1.54) is 24.3 Å². The molecule has 0 fully saturated rings. The Morgan fingerprint density at radius 1 is 1.47 bits per heavy atom. The Labute approximate surface area is 114 Å². The zero-order chi connectivity index (χ0) is 13.8. The Morgan fingerprint density at radius 3 is 2.79 bits per heavy atom. The zero-order valence-corrected chi connectivity index (χ0v) is 11.1. The van der Waals surface area contributed by atoms with Crippen molar-refractivity contribution in [2.24, 2.45) is 0 Å². The van der Waals surface area contributed by atoms with Gasteiger partial charge in [0, 0.05) is 12.2 Å². The molecule has 0 bridgehead atoms. The summed E-state index contributed by atoms with van der Waals surface area (Å²) in [5.74, 6) is 0.00675. The minimum absolute atomic E-state index is 0.109. The smallest absolute Gasteiger partial charge is 0.232 e. The molecule has 0 aliphatic carbocycles. The fourth-order valence-electron chi connectivity index (χ4n) is 1.69. The lowest BCUT2D eigenvalue weighted by Crippen LogP contribution is -2.17. The molecule has 0 aliphatic heterocycles. The third-order valence-corrected chi connectivity index (χ3v) is 2.91. The van der Waals surface area contributed by atoms with E-state index in [1.54, 1.807) is 4.57 Å². The van der Waals surface area contributed by atoms with Crippen molar-refractivity contribution in [1.29, 1.82) is 0 Å². The van der Waals surface area contributed by atoms with Gasteiger partial charge in [-0.2, -0.15) is 5.10 Å². The molecule has 0 saturated carbocycles. The maximum atomic E-state index is 12.7. The number of aromatic nitrogens is 3. The minimum atomic E-state index is -0.343. The van der Waals surface area contributed by atoms with Crippen LogP contribution in [0.15, 0.2) is 24.3 Å². The lowest BCUT2D eigenvalue weighted by Gasteiger charge is -2.05. The number of nitrogens with one attached hydrogen (secondary N) is 2. The molecule has 1 heterocycles. The van der Waals surface area contributed by atoms with Gasteiger partial charge in [-0.1, -0.05) is 0 Å². The molecule has 7 heteroatoms. The summed E-state index contributed by atoms with van der Waals surface area (Å²) in [6.07, 6.45) is 0.109. The molecule has 5 nitrogen and oxygen atoms in total. The fraction of sp³-hybridized carbons (Fsp3) is 0.250. The molecule has 2 aromatic rings. The molecule has 0 atom stereocenters. The standard InChI is InChI=1S/C12H13FN4OS/c1-2-17-10(15-16-12(17)19)7-11(18)14-9-5-3-8(13)4-6-9/h3-6H,2,7H2,1H3,(H,14,18)(H,16,19). The predicted molar refractivity (Wildman–Crippen MR) is 71.8 cm³/mol. The van der Waals surface area contributed by atoms with Crippen molar-refractivity contribution >= 4 is 23.8 Å². The fourth-order valence-corrected chi connectivity index (χ4v) is 1.97. The third kappa shape index (κ3) is 3.25. The first kappa shape index (κ1) is 13.4. The summed E-state index contributed by atoms with van der Waals surface area (Å²) in [5, 5.41) is 9.33. The number of nitrogens with zero attached hydrogens (tertiary/aromatic N) is 2. The molecular weight excluding hydrogens is 267 g/mol. The maximum absolute atomic E-state index is 12.7. The van der Waals surface area contributed by atoms with E-state index < -0.39 is 0 Å². The predicted octanol–water partition coefficient (Wildman–Crippen LogP) is 2.28. The second-order valence-electron chi connectivity index (χ2n) is 3.92. The highest BCUT2D eigenvalue weighted by Crippen LogP contribution is 2.09. The van der Waals surface area contributed by atoms with E-state index in [-0.39, 0.29) is 18.1 Å². The van der Waals surface area contributed by atoms with Gasteiger partial charge in [-0.15, -0.1) is 0 Å². The van der Waals surface area contributed by atoms with Crippen LogP contribution in [0.5, 0.6) is 0 Å². The molecule has 1 aromatic heterocycles. The summed E-state index contributed by atoms with van der Waals surface area (Å²) in [5.41, 5.74) is 0.545. The summed E-state index contributed by atoms with van der Waals surface area (Å²) in [6.45, 7) is 2.57. The highest BCUT2D eigenvalue weighted by Gasteiger charge is 2.10. The summed E-state index contributed by atoms with van der Waals surface area (Å²) >= 11 is 5.04. The normalized spacial score (nSPS) is 10.4. The van der Waals surface area contributed by atoms with Crippen molar-refractivity contribution in [3.63, 3.8) is 0 Å². The number of anilines is 1. The lowest BCUT2D eigenvalue weighted by molar-refractivity contribution is -0.115. The van der Waals surface area contributed by atoms with E-state index in [2.05, 4.69) is 15.5 Å². The van der Waals surface area contributed by atoms with E-state index in [9.17, 15) is 9.18 Å². The van der Waals surface area contributed by atoms with Gasteiger partial charge >= 0.3 is 0 Å². The van der Waals surface area contributed by atoms with Crippen LogP contribution in [0.1, 0.15) is 12.7 Å². The molecule has 2 rings (SSSR count). The summed E-state index contributed by atoms with van der Waals surface area (Å²) < 4.78 is 15.0. The first-order valence-electron chi connectivity index (χ1n) is 5.79. The molecule has 19 heavy (non-hydrogen) atoms. The van der Waals surface area contributed by atoms with Crippen LogP contribution in [0.25, 0.3) is 0 Å². The number of hydrogen-bond donors (Lipinski definition) is 2. The molecule has 2 N–H and O–H groups in total. The van der Waals surface area contributed by atoms with Gasteiger partial charge in [0.05, 0.1) is 6.42 Å². The number of hydrogen-bond acceptors (Lipinski definition) is 3. The number of carbonyl (C=O) groups is 1. The first-order chi connectivity index (χ1) is 9.10. The van der Waals surface area contributed by atoms with E-state index in [0.29, 0.717) is 22.8 Å². The number of rotatable bonds is 4. The van der Waals surface area contributed by atoms with Gasteiger partial charge in [-0.05, 0) is 43.4 Å². The largest absolute Gasteiger partial charge is 0.326 e. The van der Waals surface area contributed by atoms with Crippen LogP contribution in [0.3, 0.4) is 0 Å². The van der Waals surface area contributed by atoms with Crippen molar-refractivity contribution in [3.8, 4) is 0 Å². The molecule has 1 aromatic carbocycles. The van der Waals surface area contributed by atoms with Crippen molar-refractivity contribution < 1.29 is 9.18 Å². The van der Waals surface area contributed by atoms with Crippen LogP contribution < -0.4 is 5.32 Å². The number of amides is 1. The monoisotopic (exact) mass is 280 g/mol. The number of aromatic amines is 1. The van der Waals surface area contributed by atoms with Crippen LogP contribution in [-0.4, -0.2) is 20.7 Å². The van der Waals surface area contributed by atoms with E-state index in [0.717, 1.165) is 0 Å².